The van der Waals surface area contributed by atoms with Gasteiger partial charge in [-0.15, -0.1) is 0 Å². The first-order valence-electron chi connectivity index (χ1n) is 8.87. The van der Waals surface area contributed by atoms with Gasteiger partial charge < -0.3 is 14.5 Å². The van der Waals surface area contributed by atoms with Gasteiger partial charge in [-0.05, 0) is 36.3 Å². The predicted octanol–water partition coefficient (Wildman–Crippen LogP) is 4.12. The molecule has 2 aromatic rings. The van der Waals surface area contributed by atoms with Crippen LogP contribution in [0.25, 0.3) is 0 Å². The van der Waals surface area contributed by atoms with Gasteiger partial charge in [0.25, 0.3) is 0 Å². The number of methoxy groups -OCH3 is 1. The first-order chi connectivity index (χ1) is 13.5. The fourth-order valence-electron chi connectivity index (χ4n) is 3.43. The molecule has 0 bridgehead atoms. The van der Waals surface area contributed by atoms with Crippen LogP contribution in [0.3, 0.4) is 0 Å². The molecular formula is C20H19F3N4O. The number of pyridine rings is 1. The molecule has 28 heavy (non-hydrogen) atoms. The lowest BCUT2D eigenvalue weighted by molar-refractivity contribution is -0.137. The van der Waals surface area contributed by atoms with Crippen molar-refractivity contribution < 1.29 is 17.9 Å². The summed E-state index contributed by atoms with van der Waals surface area (Å²) in [6.07, 6.45) is -0.848. The minimum absolute atomic E-state index is 0.486. The van der Waals surface area contributed by atoms with E-state index in [1.54, 1.807) is 7.11 Å². The monoisotopic (exact) mass is 388 g/mol. The lowest BCUT2D eigenvalue weighted by Gasteiger charge is -2.38. The van der Waals surface area contributed by atoms with Crippen LogP contribution in [0.1, 0.15) is 12.0 Å². The molecule has 5 nitrogen and oxygen atoms in total. The minimum atomic E-state index is -4.38. The van der Waals surface area contributed by atoms with Crippen molar-refractivity contribution in [2.75, 3.05) is 36.7 Å². The summed E-state index contributed by atoms with van der Waals surface area (Å²) in [4.78, 5) is 12.6. The van der Waals surface area contributed by atoms with Gasteiger partial charge in [-0.3, -0.25) is 4.99 Å². The van der Waals surface area contributed by atoms with Crippen LogP contribution in [-0.4, -0.2) is 38.1 Å². The third kappa shape index (κ3) is 3.54. The summed E-state index contributed by atoms with van der Waals surface area (Å²) in [7, 11) is 1.62. The number of aliphatic imine (C=N–C) groups is 1. The maximum absolute atomic E-state index is 12.8. The fraction of sp³-hybridized carbons (Fsp3) is 0.300. The van der Waals surface area contributed by atoms with Gasteiger partial charge in [0.2, 0.25) is 0 Å². The first kappa shape index (κ1) is 18.3. The van der Waals surface area contributed by atoms with Crippen LogP contribution in [0.5, 0.6) is 5.75 Å². The number of benzene rings is 1. The number of alkyl halides is 3. The second-order valence-electron chi connectivity index (χ2n) is 6.63. The van der Waals surface area contributed by atoms with Gasteiger partial charge in [0.05, 0.1) is 19.2 Å². The Labute approximate surface area is 160 Å². The molecule has 0 fully saturated rings. The Hall–Kier alpha value is -3.03. The van der Waals surface area contributed by atoms with E-state index in [1.165, 1.54) is 6.07 Å². The summed E-state index contributed by atoms with van der Waals surface area (Å²) in [6.45, 7) is 1.71. The maximum Gasteiger partial charge on any atom is 0.417 e. The summed E-state index contributed by atoms with van der Waals surface area (Å²) < 4.78 is 43.7. The van der Waals surface area contributed by atoms with Crippen molar-refractivity contribution in [3.8, 4) is 5.75 Å². The van der Waals surface area contributed by atoms with Gasteiger partial charge in [-0.1, -0.05) is 6.07 Å². The highest BCUT2D eigenvalue weighted by molar-refractivity contribution is 5.84. The highest BCUT2D eigenvalue weighted by Crippen LogP contribution is 2.33. The van der Waals surface area contributed by atoms with Crippen LogP contribution in [0.15, 0.2) is 58.9 Å². The molecule has 0 spiro atoms. The molecule has 8 heteroatoms. The molecule has 2 aliphatic heterocycles. The summed E-state index contributed by atoms with van der Waals surface area (Å²) in [5.41, 5.74) is 2.44. The van der Waals surface area contributed by atoms with E-state index < -0.39 is 11.7 Å². The lowest BCUT2D eigenvalue weighted by Crippen LogP contribution is -2.41. The van der Waals surface area contributed by atoms with Gasteiger partial charge in [0.15, 0.2) is 0 Å². The van der Waals surface area contributed by atoms with E-state index in [9.17, 15) is 13.2 Å². The van der Waals surface area contributed by atoms with E-state index in [0.29, 0.717) is 25.6 Å². The summed E-state index contributed by atoms with van der Waals surface area (Å²) in [5, 5.41) is 0. The van der Waals surface area contributed by atoms with Crippen molar-refractivity contribution in [3.63, 3.8) is 0 Å². The zero-order valence-electron chi connectivity index (χ0n) is 15.3. The Morgan fingerprint density at radius 1 is 1.14 bits per heavy atom. The van der Waals surface area contributed by atoms with Crippen LogP contribution in [-0.2, 0) is 6.18 Å². The van der Waals surface area contributed by atoms with Gasteiger partial charge in [0, 0.05) is 36.4 Å². The number of hydrogen-bond donors (Lipinski definition) is 0. The smallest absolute Gasteiger partial charge is 0.417 e. The molecule has 0 saturated heterocycles. The fourth-order valence-corrected chi connectivity index (χ4v) is 3.43. The molecule has 0 atom stereocenters. The van der Waals surface area contributed by atoms with Crippen LogP contribution in [0.2, 0.25) is 0 Å². The molecule has 2 aliphatic rings. The van der Waals surface area contributed by atoms with Crippen LogP contribution >= 0.6 is 0 Å². The Morgan fingerprint density at radius 3 is 2.71 bits per heavy atom. The first-order valence-corrected chi connectivity index (χ1v) is 8.87. The molecular weight excluding hydrogens is 369 g/mol. The van der Waals surface area contributed by atoms with E-state index in [1.807, 2.05) is 35.4 Å². The predicted molar refractivity (Wildman–Crippen MR) is 102 cm³/mol. The van der Waals surface area contributed by atoms with Crippen molar-refractivity contribution in [2.24, 2.45) is 4.99 Å². The molecule has 1 aromatic heterocycles. The lowest BCUT2D eigenvalue weighted by atomic mass is 10.0. The van der Waals surface area contributed by atoms with E-state index in [2.05, 4.69) is 14.9 Å². The Bertz CT molecular complexity index is 922. The molecule has 0 amide bonds. The third-order valence-corrected chi connectivity index (χ3v) is 4.92. The van der Waals surface area contributed by atoms with E-state index in [0.717, 1.165) is 41.4 Å². The largest absolute Gasteiger partial charge is 0.497 e. The van der Waals surface area contributed by atoms with Crippen LogP contribution in [0, 0.1) is 0 Å². The number of rotatable bonds is 3. The van der Waals surface area contributed by atoms with Gasteiger partial charge in [-0.25, -0.2) is 4.98 Å². The third-order valence-electron chi connectivity index (χ3n) is 4.92. The van der Waals surface area contributed by atoms with Crippen LogP contribution in [0.4, 0.5) is 24.7 Å². The van der Waals surface area contributed by atoms with Gasteiger partial charge in [0.1, 0.15) is 18.2 Å². The molecule has 0 saturated carbocycles. The zero-order chi connectivity index (χ0) is 19.7. The molecule has 0 radical (unpaired) electrons. The van der Waals surface area contributed by atoms with Crippen LogP contribution < -0.4 is 14.5 Å². The molecule has 0 unspecified atom stereocenters. The van der Waals surface area contributed by atoms with Gasteiger partial charge in [-0.2, -0.15) is 13.2 Å². The van der Waals surface area contributed by atoms with Crippen molar-refractivity contribution in [1.29, 1.82) is 0 Å². The van der Waals surface area contributed by atoms with E-state index >= 15 is 0 Å². The van der Waals surface area contributed by atoms with Crippen molar-refractivity contribution in [3.05, 3.63) is 59.4 Å². The van der Waals surface area contributed by atoms with Crippen molar-refractivity contribution >= 4 is 17.7 Å². The molecule has 3 heterocycles. The second kappa shape index (κ2) is 7.18. The van der Waals surface area contributed by atoms with E-state index in [4.69, 9.17) is 4.74 Å². The number of hydrogen-bond acceptors (Lipinski definition) is 5. The normalized spacial score (nSPS) is 17.0. The zero-order valence-corrected chi connectivity index (χ0v) is 15.3. The number of aromatic nitrogens is 1. The Balaban J connectivity index is 1.60. The standard InChI is InChI=1S/C20H19F3N4O/c1-28-17-4-2-3-16(9-17)27-13-24-10-14-7-8-26(12-18(14)27)19-6-5-15(11-25-19)20(21,22)23/h2-6,9-11H,7-8,12-13H2,1H3. The average molecular weight is 388 g/mol. The number of ether oxygens (including phenoxy) is 1. The minimum Gasteiger partial charge on any atom is -0.497 e. The number of nitrogens with zero attached hydrogens (tertiary/aromatic N) is 4. The summed E-state index contributed by atoms with van der Waals surface area (Å²) in [5.74, 6) is 1.29. The second-order valence-corrected chi connectivity index (χ2v) is 6.63. The number of halogens is 3. The molecule has 146 valence electrons. The Morgan fingerprint density at radius 2 is 2.00 bits per heavy atom. The number of anilines is 2. The quantitative estimate of drug-likeness (QED) is 0.793. The SMILES string of the molecule is COc1cccc(N2CN=CC3=C2CN(c2ccc(C(F)(F)F)cn2)CC3)c1. The molecule has 0 aliphatic carbocycles. The molecule has 0 N–H and O–H groups in total. The van der Waals surface area contributed by atoms with Crippen molar-refractivity contribution in [2.45, 2.75) is 12.6 Å². The molecule has 1 aromatic carbocycles. The van der Waals surface area contributed by atoms with Crippen molar-refractivity contribution in [1.82, 2.24) is 4.98 Å². The summed E-state index contributed by atoms with van der Waals surface area (Å²) >= 11 is 0. The maximum atomic E-state index is 12.8. The average Bonchev–Trinajstić information content (AvgIpc) is 2.72. The highest BCUT2D eigenvalue weighted by Gasteiger charge is 2.31. The van der Waals surface area contributed by atoms with Gasteiger partial charge >= 0.3 is 6.18 Å². The topological polar surface area (TPSA) is 41.0 Å². The van der Waals surface area contributed by atoms with E-state index in [-0.39, 0.29) is 0 Å². The Kier molecular flexibility index (Phi) is 4.70. The molecule has 4 rings (SSSR count). The summed E-state index contributed by atoms with van der Waals surface area (Å²) in [6, 6.07) is 10.2. The highest BCUT2D eigenvalue weighted by atomic mass is 19.4.